The molecular weight excluding hydrogens is 460 g/mol. The van der Waals surface area contributed by atoms with Crippen molar-refractivity contribution in [2.75, 3.05) is 7.11 Å². The summed E-state index contributed by atoms with van der Waals surface area (Å²) in [4.78, 5) is 37.6. The second kappa shape index (κ2) is 8.53. The van der Waals surface area contributed by atoms with Crippen molar-refractivity contribution in [2.24, 2.45) is 0 Å². The van der Waals surface area contributed by atoms with Gasteiger partial charge < -0.3 is 18.3 Å². The minimum absolute atomic E-state index is 0.137. The van der Waals surface area contributed by atoms with E-state index in [1.54, 1.807) is 60.7 Å². The Morgan fingerprint density at radius 1 is 0.853 bits per heavy atom. The standard InChI is InChI=1S/C26H15ClO7/c1-31-22-5-3-2-4-18(22)25(29)32-16-7-8-17-19(13-24(28)33-23(17)12-16)20-11-14-10-15(27)6-9-21(14)34-26(20)30/h2-13H,1H3. The normalized spacial score (nSPS) is 11.0. The SMILES string of the molecule is COc1ccccc1C(=O)Oc1ccc2c(-c3cc4cc(Cl)ccc4oc3=O)cc(=O)oc2c1. The smallest absolute Gasteiger partial charge is 0.347 e. The number of ether oxygens (including phenoxy) is 2. The van der Waals surface area contributed by atoms with Crippen LogP contribution in [0.15, 0.2) is 91.2 Å². The molecule has 5 rings (SSSR count). The molecular formula is C26H15ClO7. The van der Waals surface area contributed by atoms with Crippen LogP contribution in [0.5, 0.6) is 11.5 Å². The first kappa shape index (κ1) is 21.5. The molecule has 0 radical (unpaired) electrons. The molecule has 0 aliphatic rings. The zero-order chi connectivity index (χ0) is 23.8. The molecule has 0 atom stereocenters. The van der Waals surface area contributed by atoms with Crippen molar-refractivity contribution in [3.8, 4) is 22.6 Å². The molecule has 0 saturated carbocycles. The van der Waals surface area contributed by atoms with Crippen LogP contribution in [0.3, 0.4) is 0 Å². The number of halogens is 1. The highest BCUT2D eigenvalue weighted by Gasteiger charge is 2.17. The van der Waals surface area contributed by atoms with Gasteiger partial charge in [0.15, 0.2) is 0 Å². The van der Waals surface area contributed by atoms with Crippen molar-refractivity contribution in [1.82, 2.24) is 0 Å². The number of rotatable bonds is 4. The maximum absolute atomic E-state index is 12.7. The Bertz CT molecular complexity index is 1700. The van der Waals surface area contributed by atoms with Gasteiger partial charge in [-0.05, 0) is 48.5 Å². The van der Waals surface area contributed by atoms with E-state index >= 15 is 0 Å². The highest BCUT2D eigenvalue weighted by Crippen LogP contribution is 2.31. The topological polar surface area (TPSA) is 96.0 Å². The van der Waals surface area contributed by atoms with Crippen LogP contribution in [0, 0.1) is 0 Å². The molecule has 5 aromatic rings. The van der Waals surface area contributed by atoms with Crippen molar-refractivity contribution >= 4 is 39.5 Å². The number of para-hydroxylation sites is 1. The third kappa shape index (κ3) is 3.93. The summed E-state index contributed by atoms with van der Waals surface area (Å²) < 4.78 is 21.4. The number of hydrogen-bond donors (Lipinski definition) is 0. The molecule has 168 valence electrons. The van der Waals surface area contributed by atoms with Crippen LogP contribution in [0.4, 0.5) is 0 Å². The third-order valence-electron chi connectivity index (χ3n) is 5.24. The lowest BCUT2D eigenvalue weighted by Crippen LogP contribution is -2.10. The van der Waals surface area contributed by atoms with Crippen molar-refractivity contribution in [3.05, 3.63) is 104 Å². The number of benzene rings is 3. The number of methoxy groups -OCH3 is 1. The molecule has 0 amide bonds. The molecule has 8 heteroatoms. The van der Waals surface area contributed by atoms with Crippen molar-refractivity contribution in [3.63, 3.8) is 0 Å². The Morgan fingerprint density at radius 2 is 1.68 bits per heavy atom. The lowest BCUT2D eigenvalue weighted by Gasteiger charge is -2.10. The average molecular weight is 475 g/mol. The van der Waals surface area contributed by atoms with Crippen LogP contribution < -0.4 is 20.7 Å². The molecule has 2 aromatic heterocycles. The van der Waals surface area contributed by atoms with Gasteiger partial charge in [0.2, 0.25) is 0 Å². The maximum atomic E-state index is 12.7. The van der Waals surface area contributed by atoms with Crippen LogP contribution in [0.1, 0.15) is 10.4 Å². The molecule has 0 unspecified atom stereocenters. The molecule has 0 fully saturated rings. The van der Waals surface area contributed by atoms with Crippen molar-refractivity contribution in [2.45, 2.75) is 0 Å². The number of carbonyl (C=O) groups is 1. The zero-order valence-corrected chi connectivity index (χ0v) is 18.4. The molecule has 0 spiro atoms. The minimum atomic E-state index is -0.679. The third-order valence-corrected chi connectivity index (χ3v) is 5.47. The molecule has 0 aliphatic carbocycles. The first-order chi connectivity index (χ1) is 16.4. The molecule has 2 heterocycles. The van der Waals surface area contributed by atoms with E-state index in [2.05, 4.69) is 0 Å². The monoisotopic (exact) mass is 474 g/mol. The Labute approximate surface area is 196 Å². The summed E-state index contributed by atoms with van der Waals surface area (Å²) in [6, 6.07) is 18.9. The molecule has 0 bridgehead atoms. The quantitative estimate of drug-likeness (QED) is 0.194. The first-order valence-electron chi connectivity index (χ1n) is 10.1. The predicted molar refractivity (Wildman–Crippen MR) is 127 cm³/mol. The van der Waals surface area contributed by atoms with Gasteiger partial charge in [-0.25, -0.2) is 14.4 Å². The summed E-state index contributed by atoms with van der Waals surface area (Å²) >= 11 is 6.07. The van der Waals surface area contributed by atoms with Gasteiger partial charge in [-0.15, -0.1) is 0 Å². The maximum Gasteiger partial charge on any atom is 0.347 e. The molecule has 0 aliphatic heterocycles. The van der Waals surface area contributed by atoms with Crippen LogP contribution in [0.2, 0.25) is 5.02 Å². The van der Waals surface area contributed by atoms with Crippen LogP contribution in [0.25, 0.3) is 33.1 Å². The van der Waals surface area contributed by atoms with Gasteiger partial charge >= 0.3 is 17.2 Å². The Morgan fingerprint density at radius 3 is 2.50 bits per heavy atom. The zero-order valence-electron chi connectivity index (χ0n) is 17.7. The second-order valence-electron chi connectivity index (χ2n) is 7.36. The van der Waals surface area contributed by atoms with Gasteiger partial charge in [-0.2, -0.15) is 0 Å². The Hall–Kier alpha value is -4.36. The van der Waals surface area contributed by atoms with Crippen LogP contribution in [-0.2, 0) is 0 Å². The van der Waals surface area contributed by atoms with Gasteiger partial charge in [0.05, 0.1) is 12.7 Å². The van der Waals surface area contributed by atoms with Gasteiger partial charge in [0, 0.05) is 33.5 Å². The Balaban J connectivity index is 1.59. The van der Waals surface area contributed by atoms with Crippen LogP contribution in [-0.4, -0.2) is 13.1 Å². The fourth-order valence-electron chi connectivity index (χ4n) is 3.69. The fourth-order valence-corrected chi connectivity index (χ4v) is 3.87. The summed E-state index contributed by atoms with van der Waals surface area (Å²) in [6.07, 6.45) is 0. The molecule has 0 N–H and O–H groups in total. The van der Waals surface area contributed by atoms with E-state index < -0.39 is 17.2 Å². The molecule has 3 aromatic carbocycles. The summed E-state index contributed by atoms with van der Waals surface area (Å²) in [5, 5.41) is 1.54. The minimum Gasteiger partial charge on any atom is -0.496 e. The van der Waals surface area contributed by atoms with Crippen LogP contribution >= 0.6 is 11.6 Å². The molecule has 7 nitrogen and oxygen atoms in total. The van der Waals surface area contributed by atoms with E-state index in [1.165, 1.54) is 19.2 Å². The first-order valence-corrected chi connectivity index (χ1v) is 10.5. The number of hydrogen-bond acceptors (Lipinski definition) is 7. The summed E-state index contributed by atoms with van der Waals surface area (Å²) in [5.74, 6) is -0.117. The van der Waals surface area contributed by atoms with Gasteiger partial charge in [-0.3, -0.25) is 0 Å². The van der Waals surface area contributed by atoms with Crippen molar-refractivity contribution in [1.29, 1.82) is 0 Å². The van der Waals surface area contributed by atoms with Gasteiger partial charge in [0.1, 0.15) is 28.2 Å². The van der Waals surface area contributed by atoms with E-state index in [4.69, 9.17) is 29.9 Å². The highest BCUT2D eigenvalue weighted by atomic mass is 35.5. The number of fused-ring (bicyclic) bond motifs is 2. The molecule has 0 saturated heterocycles. The van der Waals surface area contributed by atoms with E-state index in [-0.39, 0.29) is 22.5 Å². The Kier molecular flexibility index (Phi) is 5.39. The largest absolute Gasteiger partial charge is 0.496 e. The van der Waals surface area contributed by atoms with E-state index in [9.17, 15) is 14.4 Å². The summed E-state index contributed by atoms with van der Waals surface area (Å²) in [7, 11) is 1.45. The van der Waals surface area contributed by atoms with Gasteiger partial charge in [-0.1, -0.05) is 23.7 Å². The lowest BCUT2D eigenvalue weighted by atomic mass is 10.0. The predicted octanol–water partition coefficient (Wildman–Crippen LogP) is 5.45. The number of esters is 1. The summed E-state index contributed by atoms with van der Waals surface area (Å²) in [6.45, 7) is 0. The van der Waals surface area contributed by atoms with Gasteiger partial charge in [0.25, 0.3) is 0 Å². The highest BCUT2D eigenvalue weighted by molar-refractivity contribution is 6.31. The fraction of sp³-hybridized carbons (Fsp3) is 0.0385. The van der Waals surface area contributed by atoms with E-state index in [0.29, 0.717) is 32.7 Å². The lowest BCUT2D eigenvalue weighted by molar-refractivity contribution is 0.0731. The summed E-state index contributed by atoms with van der Waals surface area (Å²) in [5.41, 5.74) is -0.0484. The number of carbonyl (C=O) groups excluding carboxylic acids is 1. The molecule has 34 heavy (non-hydrogen) atoms. The van der Waals surface area contributed by atoms with E-state index in [0.717, 1.165) is 0 Å². The average Bonchev–Trinajstić information content (AvgIpc) is 2.83. The second-order valence-corrected chi connectivity index (χ2v) is 7.79. The van der Waals surface area contributed by atoms with E-state index in [1.807, 2.05) is 0 Å². The van der Waals surface area contributed by atoms with Crippen molar-refractivity contribution < 1.29 is 23.1 Å².